The minimum absolute atomic E-state index is 0.148. The summed E-state index contributed by atoms with van der Waals surface area (Å²) < 4.78 is 48.5. The zero-order valence-electron chi connectivity index (χ0n) is 23.5. The number of aromatic nitrogens is 4. The zero-order chi connectivity index (χ0) is 28.3. The van der Waals surface area contributed by atoms with Gasteiger partial charge in [0, 0.05) is 49.0 Å². The maximum atomic E-state index is 15.0. The number of fused-ring (bicyclic) bond motifs is 1. The normalized spacial score (nSPS) is 18.7. The van der Waals surface area contributed by atoms with Gasteiger partial charge in [-0.15, -0.1) is 0 Å². The summed E-state index contributed by atoms with van der Waals surface area (Å²) in [4.78, 5) is 7.29. The van der Waals surface area contributed by atoms with Crippen molar-refractivity contribution in [2.75, 3.05) is 24.6 Å². The number of hydrogen-bond donors (Lipinski definition) is 0. The molecule has 10 heteroatoms. The second-order valence-electron chi connectivity index (χ2n) is 12.1. The topological polar surface area (TPSA) is 82.2 Å². The van der Waals surface area contributed by atoms with Crippen molar-refractivity contribution < 1.29 is 17.5 Å². The molecule has 6 rings (SSSR count). The Morgan fingerprint density at radius 3 is 2.50 bits per heavy atom. The summed E-state index contributed by atoms with van der Waals surface area (Å²) in [7, 11) is -1.05. The summed E-state index contributed by atoms with van der Waals surface area (Å²) in [6.45, 7) is 7.51. The van der Waals surface area contributed by atoms with E-state index in [1.165, 1.54) is 6.07 Å². The molecule has 4 aromatic rings. The molecule has 0 amide bonds. The van der Waals surface area contributed by atoms with Crippen LogP contribution < -0.4 is 4.74 Å². The minimum Gasteiger partial charge on any atom is -0.484 e. The van der Waals surface area contributed by atoms with Gasteiger partial charge in [0.25, 0.3) is 0 Å². The predicted molar refractivity (Wildman–Crippen MR) is 154 cm³/mol. The fourth-order valence-electron chi connectivity index (χ4n) is 5.46. The number of aryl methyl sites for hydroxylation is 2. The molecule has 0 N–H and O–H groups in total. The van der Waals surface area contributed by atoms with E-state index in [0.717, 1.165) is 48.0 Å². The maximum Gasteiger partial charge on any atom is 0.165 e. The highest BCUT2D eigenvalue weighted by atomic mass is 32.2. The van der Waals surface area contributed by atoms with Crippen molar-refractivity contribution in [3.8, 4) is 22.7 Å². The van der Waals surface area contributed by atoms with Gasteiger partial charge in [-0.3, -0.25) is 14.1 Å². The Hall–Kier alpha value is -3.24. The van der Waals surface area contributed by atoms with Crippen molar-refractivity contribution in [1.29, 1.82) is 0 Å². The summed E-state index contributed by atoms with van der Waals surface area (Å²) in [5, 5.41) is 5.39. The lowest BCUT2D eigenvalue weighted by Gasteiger charge is -2.41. The summed E-state index contributed by atoms with van der Waals surface area (Å²) in [5.41, 5.74) is 3.81. The minimum atomic E-state index is -2.93. The van der Waals surface area contributed by atoms with Gasteiger partial charge in [-0.25, -0.2) is 17.8 Å². The number of sulfone groups is 1. The van der Waals surface area contributed by atoms with E-state index in [4.69, 9.17) is 9.72 Å². The van der Waals surface area contributed by atoms with E-state index in [0.29, 0.717) is 24.3 Å². The van der Waals surface area contributed by atoms with E-state index >= 15 is 0 Å². The van der Waals surface area contributed by atoms with Gasteiger partial charge in [-0.05, 0) is 82.3 Å². The highest BCUT2D eigenvalue weighted by molar-refractivity contribution is 7.91. The van der Waals surface area contributed by atoms with Crippen LogP contribution in [0.2, 0.25) is 0 Å². The summed E-state index contributed by atoms with van der Waals surface area (Å²) in [5.74, 6) is 0.329. The molecular formula is C30H36FN5O3S. The number of nitrogens with zero attached hydrogens (tertiary/aromatic N) is 5. The molecule has 1 aromatic carbocycles. The Labute approximate surface area is 234 Å². The molecule has 1 saturated heterocycles. The number of pyridine rings is 1. The third-order valence-corrected chi connectivity index (χ3v) is 10.1. The first-order chi connectivity index (χ1) is 18.9. The van der Waals surface area contributed by atoms with Crippen molar-refractivity contribution in [2.24, 2.45) is 7.05 Å². The van der Waals surface area contributed by atoms with Crippen molar-refractivity contribution in [2.45, 2.75) is 57.6 Å². The zero-order valence-corrected chi connectivity index (χ0v) is 24.3. The van der Waals surface area contributed by atoms with Crippen LogP contribution in [0.25, 0.3) is 28.0 Å². The Kier molecular flexibility index (Phi) is 6.53. The molecule has 1 aliphatic heterocycles. The number of ether oxygens (including phenoxy) is 1. The van der Waals surface area contributed by atoms with Gasteiger partial charge in [-0.1, -0.05) is 0 Å². The van der Waals surface area contributed by atoms with E-state index in [2.05, 4.69) is 36.1 Å². The second-order valence-corrected chi connectivity index (χ2v) is 14.4. The van der Waals surface area contributed by atoms with Crippen LogP contribution in [0.15, 0.2) is 48.9 Å². The average Bonchev–Trinajstić information content (AvgIpc) is 3.30. The number of benzene rings is 1. The predicted octanol–water partition coefficient (Wildman–Crippen LogP) is 4.94. The highest BCUT2D eigenvalue weighted by Crippen LogP contribution is 2.41. The third-order valence-electron chi connectivity index (χ3n) is 8.45. The Morgan fingerprint density at radius 1 is 1.10 bits per heavy atom. The van der Waals surface area contributed by atoms with Crippen LogP contribution in [0.1, 0.15) is 45.6 Å². The lowest BCUT2D eigenvalue weighted by molar-refractivity contribution is 0.123. The number of halogens is 1. The molecule has 0 radical (unpaired) electrons. The van der Waals surface area contributed by atoms with Crippen LogP contribution in [0, 0.1) is 5.82 Å². The summed E-state index contributed by atoms with van der Waals surface area (Å²) in [6, 6.07) is 9.05. The van der Waals surface area contributed by atoms with E-state index in [9.17, 15) is 12.8 Å². The van der Waals surface area contributed by atoms with Crippen molar-refractivity contribution in [3.05, 3.63) is 60.3 Å². The average molecular weight is 566 g/mol. The first kappa shape index (κ1) is 27.0. The van der Waals surface area contributed by atoms with Crippen LogP contribution in [-0.2, 0) is 23.3 Å². The fourth-order valence-corrected chi connectivity index (χ4v) is 6.66. The van der Waals surface area contributed by atoms with Crippen molar-refractivity contribution in [3.63, 3.8) is 0 Å². The molecule has 0 unspecified atom stereocenters. The molecular weight excluding hydrogens is 529 g/mol. The SMILES string of the molecule is Cn1cc(-n2cc(CCC(C)(C)N3CCS(=O)(=O)CC3)c3ccc(-c4ccc(OC5(C)CC5)c(F)c4)nc32)cn1. The second kappa shape index (κ2) is 9.69. The van der Waals surface area contributed by atoms with Crippen LogP contribution in [0.5, 0.6) is 5.75 Å². The van der Waals surface area contributed by atoms with Crippen molar-refractivity contribution >= 4 is 20.9 Å². The standard InChI is InChI=1S/C30H36FN5O3S/c1-29(2,35-13-15-40(37,38)16-14-35)10-9-22-19-36(23-18-32-34(4)20-23)28-24(22)6-7-26(33-28)21-5-8-27(25(31)17-21)39-30(3)11-12-30/h5-8,17-20H,9-16H2,1-4H3. The van der Waals surface area contributed by atoms with Gasteiger partial charge >= 0.3 is 0 Å². The lowest BCUT2D eigenvalue weighted by atomic mass is 9.93. The van der Waals surface area contributed by atoms with E-state index < -0.39 is 9.84 Å². The first-order valence-electron chi connectivity index (χ1n) is 13.9. The molecule has 2 fully saturated rings. The number of rotatable bonds is 8. The molecule has 0 atom stereocenters. The molecule has 40 heavy (non-hydrogen) atoms. The summed E-state index contributed by atoms with van der Waals surface area (Å²) >= 11 is 0. The number of hydrogen-bond acceptors (Lipinski definition) is 6. The molecule has 3 aromatic heterocycles. The molecule has 2 aliphatic rings. The van der Waals surface area contributed by atoms with Gasteiger partial charge < -0.3 is 4.74 Å². The fraction of sp³-hybridized carbons (Fsp3) is 0.467. The summed E-state index contributed by atoms with van der Waals surface area (Å²) in [6.07, 6.45) is 9.42. The van der Waals surface area contributed by atoms with Crippen molar-refractivity contribution in [1.82, 2.24) is 24.2 Å². The van der Waals surface area contributed by atoms with Crippen LogP contribution >= 0.6 is 0 Å². The van der Waals surface area contributed by atoms with Gasteiger partial charge in [-0.2, -0.15) is 5.10 Å². The highest BCUT2D eigenvalue weighted by Gasteiger charge is 2.40. The third kappa shape index (κ3) is 5.39. The van der Waals surface area contributed by atoms with Gasteiger partial charge in [0.05, 0.1) is 29.1 Å². The Morgan fingerprint density at radius 2 is 1.85 bits per heavy atom. The molecule has 4 heterocycles. The van der Waals surface area contributed by atoms with E-state index in [1.54, 1.807) is 16.9 Å². The van der Waals surface area contributed by atoms with E-state index in [-0.39, 0.29) is 34.2 Å². The van der Waals surface area contributed by atoms with Gasteiger partial charge in [0.15, 0.2) is 21.4 Å². The van der Waals surface area contributed by atoms with Crippen LogP contribution in [0.4, 0.5) is 4.39 Å². The molecule has 1 saturated carbocycles. The molecule has 0 bridgehead atoms. The Balaban J connectivity index is 1.31. The Bertz CT molecular complexity index is 1670. The lowest BCUT2D eigenvalue weighted by Crippen LogP contribution is -2.51. The molecule has 1 aliphatic carbocycles. The molecule has 212 valence electrons. The molecule has 8 nitrogen and oxygen atoms in total. The van der Waals surface area contributed by atoms with Crippen LogP contribution in [0.3, 0.4) is 0 Å². The smallest absolute Gasteiger partial charge is 0.165 e. The van der Waals surface area contributed by atoms with Gasteiger partial charge in [0.2, 0.25) is 0 Å². The maximum absolute atomic E-state index is 15.0. The first-order valence-corrected chi connectivity index (χ1v) is 15.7. The van der Waals surface area contributed by atoms with Crippen LogP contribution in [-0.4, -0.2) is 68.4 Å². The monoisotopic (exact) mass is 565 g/mol. The largest absolute Gasteiger partial charge is 0.484 e. The quantitative estimate of drug-likeness (QED) is 0.301. The van der Waals surface area contributed by atoms with E-state index in [1.807, 2.05) is 36.9 Å². The van der Waals surface area contributed by atoms with Gasteiger partial charge in [0.1, 0.15) is 11.2 Å². The molecule has 0 spiro atoms.